The third-order valence-electron chi connectivity index (χ3n) is 2.98. The fourth-order valence-corrected chi connectivity index (χ4v) is 2.77. The fraction of sp³-hybridized carbons (Fsp3) is 0.800. The summed E-state index contributed by atoms with van der Waals surface area (Å²) in [5, 5.41) is 9.89. The summed E-state index contributed by atoms with van der Waals surface area (Å²) in [4.78, 5) is 0. The molecule has 0 aliphatic heterocycles. The van der Waals surface area contributed by atoms with Gasteiger partial charge in [0.25, 0.3) is 0 Å². The van der Waals surface area contributed by atoms with E-state index in [-0.39, 0.29) is 5.54 Å². The standard InChI is InChI=1S/C10H17NO/c1-9(12)5-8-3-2-4-10(11,6-8)7-9/h5,12H,2-4,6-7,11H2,1H3. The molecule has 0 heterocycles. The van der Waals surface area contributed by atoms with Crippen LogP contribution < -0.4 is 5.73 Å². The smallest absolute Gasteiger partial charge is 0.0819 e. The van der Waals surface area contributed by atoms with Crippen molar-refractivity contribution in [2.24, 2.45) is 5.73 Å². The molecule has 0 aromatic carbocycles. The fourth-order valence-electron chi connectivity index (χ4n) is 2.77. The topological polar surface area (TPSA) is 46.2 Å². The van der Waals surface area contributed by atoms with Gasteiger partial charge in [0, 0.05) is 5.54 Å². The van der Waals surface area contributed by atoms with Crippen molar-refractivity contribution in [1.82, 2.24) is 0 Å². The van der Waals surface area contributed by atoms with Crippen LogP contribution in [-0.4, -0.2) is 16.2 Å². The maximum Gasteiger partial charge on any atom is 0.0819 e. The van der Waals surface area contributed by atoms with Gasteiger partial charge in [-0.3, -0.25) is 0 Å². The lowest BCUT2D eigenvalue weighted by molar-refractivity contribution is 0.0546. The number of hydrogen-bond donors (Lipinski definition) is 2. The number of nitrogens with two attached hydrogens (primary N) is 1. The Morgan fingerprint density at radius 1 is 1.58 bits per heavy atom. The zero-order valence-corrected chi connectivity index (χ0v) is 7.64. The van der Waals surface area contributed by atoms with Gasteiger partial charge in [0.15, 0.2) is 0 Å². The third-order valence-corrected chi connectivity index (χ3v) is 2.98. The van der Waals surface area contributed by atoms with Crippen molar-refractivity contribution in [2.45, 2.75) is 50.2 Å². The molecular formula is C10H17NO. The minimum atomic E-state index is -0.650. The number of aliphatic hydroxyl groups is 1. The molecule has 0 aromatic heterocycles. The molecule has 1 fully saturated rings. The quantitative estimate of drug-likeness (QED) is 0.535. The Kier molecular flexibility index (Phi) is 1.61. The Morgan fingerprint density at radius 2 is 2.33 bits per heavy atom. The number of fused-ring (bicyclic) bond motifs is 2. The molecule has 2 bridgehead atoms. The largest absolute Gasteiger partial charge is 0.386 e. The molecular weight excluding hydrogens is 150 g/mol. The highest BCUT2D eigenvalue weighted by molar-refractivity contribution is 5.23. The predicted molar refractivity (Wildman–Crippen MR) is 48.7 cm³/mol. The highest BCUT2D eigenvalue weighted by Crippen LogP contribution is 2.41. The molecule has 2 aliphatic rings. The van der Waals surface area contributed by atoms with Gasteiger partial charge in [-0.25, -0.2) is 0 Å². The van der Waals surface area contributed by atoms with E-state index in [1.807, 2.05) is 13.0 Å². The molecule has 68 valence electrons. The van der Waals surface area contributed by atoms with Crippen molar-refractivity contribution < 1.29 is 5.11 Å². The molecule has 3 N–H and O–H groups in total. The molecule has 2 rings (SSSR count). The Hall–Kier alpha value is -0.340. The summed E-state index contributed by atoms with van der Waals surface area (Å²) in [6.45, 7) is 1.86. The summed E-state index contributed by atoms with van der Waals surface area (Å²) in [5.41, 5.74) is 6.78. The molecule has 0 radical (unpaired) electrons. The predicted octanol–water partition coefficient (Wildman–Crippen LogP) is 1.34. The Labute approximate surface area is 73.5 Å². The second kappa shape index (κ2) is 2.33. The van der Waals surface area contributed by atoms with Crippen LogP contribution >= 0.6 is 0 Å². The highest BCUT2D eigenvalue weighted by Gasteiger charge is 2.40. The van der Waals surface area contributed by atoms with Gasteiger partial charge in [-0.2, -0.15) is 0 Å². The summed E-state index contributed by atoms with van der Waals surface area (Å²) in [6, 6.07) is 0. The van der Waals surface area contributed by atoms with Crippen molar-refractivity contribution in [1.29, 1.82) is 0 Å². The first-order valence-corrected chi connectivity index (χ1v) is 4.71. The maximum absolute atomic E-state index is 9.89. The van der Waals surface area contributed by atoms with Crippen molar-refractivity contribution in [3.05, 3.63) is 11.6 Å². The van der Waals surface area contributed by atoms with Gasteiger partial charge in [0.2, 0.25) is 0 Å². The van der Waals surface area contributed by atoms with Crippen molar-refractivity contribution >= 4 is 0 Å². The summed E-state index contributed by atoms with van der Waals surface area (Å²) in [7, 11) is 0. The summed E-state index contributed by atoms with van der Waals surface area (Å²) in [6.07, 6.45) is 7.14. The zero-order valence-electron chi connectivity index (χ0n) is 7.64. The van der Waals surface area contributed by atoms with Crippen LogP contribution in [0.4, 0.5) is 0 Å². The molecule has 0 amide bonds. The first-order valence-electron chi connectivity index (χ1n) is 4.71. The minimum Gasteiger partial charge on any atom is -0.386 e. The second-order valence-corrected chi connectivity index (χ2v) is 4.73. The van der Waals surface area contributed by atoms with Gasteiger partial charge < -0.3 is 10.8 Å². The van der Waals surface area contributed by atoms with E-state index in [1.165, 1.54) is 12.0 Å². The normalized spacial score (nSPS) is 47.1. The lowest BCUT2D eigenvalue weighted by atomic mass is 9.68. The molecule has 2 unspecified atom stereocenters. The van der Waals surface area contributed by atoms with E-state index in [0.29, 0.717) is 0 Å². The van der Waals surface area contributed by atoms with Crippen LogP contribution in [-0.2, 0) is 0 Å². The second-order valence-electron chi connectivity index (χ2n) is 4.73. The van der Waals surface area contributed by atoms with Crippen LogP contribution in [0.15, 0.2) is 11.6 Å². The molecule has 2 atom stereocenters. The van der Waals surface area contributed by atoms with Gasteiger partial charge in [0.1, 0.15) is 0 Å². The Morgan fingerprint density at radius 3 is 3.00 bits per heavy atom. The lowest BCUT2D eigenvalue weighted by Crippen LogP contribution is -2.51. The van der Waals surface area contributed by atoms with Crippen LogP contribution in [0.2, 0.25) is 0 Å². The van der Waals surface area contributed by atoms with Gasteiger partial charge in [-0.05, 0) is 39.0 Å². The van der Waals surface area contributed by atoms with E-state index in [4.69, 9.17) is 5.73 Å². The minimum absolute atomic E-state index is 0.105. The van der Waals surface area contributed by atoms with Gasteiger partial charge in [-0.1, -0.05) is 11.6 Å². The van der Waals surface area contributed by atoms with Crippen LogP contribution in [0.5, 0.6) is 0 Å². The number of hydrogen-bond acceptors (Lipinski definition) is 2. The SMILES string of the molecule is CC1(O)C=C2CCCC(N)(C2)C1. The van der Waals surface area contributed by atoms with Crippen LogP contribution in [0.1, 0.15) is 39.0 Å². The Bertz CT molecular complexity index is 232. The lowest BCUT2D eigenvalue weighted by Gasteiger charge is -2.43. The van der Waals surface area contributed by atoms with Crippen LogP contribution in [0, 0.1) is 0 Å². The molecule has 0 saturated heterocycles. The van der Waals surface area contributed by atoms with E-state index in [0.717, 1.165) is 25.7 Å². The third kappa shape index (κ3) is 1.41. The number of rotatable bonds is 0. The van der Waals surface area contributed by atoms with Crippen molar-refractivity contribution in [3.8, 4) is 0 Å². The van der Waals surface area contributed by atoms with E-state index < -0.39 is 5.60 Å². The maximum atomic E-state index is 9.89. The highest BCUT2D eigenvalue weighted by atomic mass is 16.3. The van der Waals surface area contributed by atoms with Crippen LogP contribution in [0.3, 0.4) is 0 Å². The van der Waals surface area contributed by atoms with E-state index in [9.17, 15) is 5.11 Å². The first kappa shape index (κ1) is 8.27. The average molecular weight is 167 g/mol. The van der Waals surface area contributed by atoms with E-state index in [1.54, 1.807) is 0 Å². The molecule has 2 nitrogen and oxygen atoms in total. The van der Waals surface area contributed by atoms with Gasteiger partial charge >= 0.3 is 0 Å². The molecule has 1 saturated carbocycles. The van der Waals surface area contributed by atoms with Crippen molar-refractivity contribution in [3.63, 3.8) is 0 Å². The first-order chi connectivity index (χ1) is 5.49. The van der Waals surface area contributed by atoms with E-state index >= 15 is 0 Å². The summed E-state index contributed by atoms with van der Waals surface area (Å²) >= 11 is 0. The summed E-state index contributed by atoms with van der Waals surface area (Å²) < 4.78 is 0. The Balaban J connectivity index is 2.31. The average Bonchev–Trinajstić information content (AvgIpc) is 1.79. The molecule has 0 spiro atoms. The summed E-state index contributed by atoms with van der Waals surface area (Å²) in [5.74, 6) is 0. The van der Waals surface area contributed by atoms with E-state index in [2.05, 4.69) is 0 Å². The zero-order chi connectivity index (χ0) is 8.82. The molecule has 2 heteroatoms. The van der Waals surface area contributed by atoms with Gasteiger partial charge in [-0.15, -0.1) is 0 Å². The molecule has 0 aromatic rings. The molecule has 2 aliphatic carbocycles. The van der Waals surface area contributed by atoms with Gasteiger partial charge in [0.05, 0.1) is 5.60 Å². The monoisotopic (exact) mass is 167 g/mol. The van der Waals surface area contributed by atoms with Crippen LogP contribution in [0.25, 0.3) is 0 Å². The molecule has 12 heavy (non-hydrogen) atoms. The van der Waals surface area contributed by atoms with Crippen molar-refractivity contribution in [2.75, 3.05) is 0 Å².